The normalized spacial score (nSPS) is 42.3. The number of carbonyl (C=O) groups excluding carboxylic acids is 4. The molecule has 1 aliphatic heterocycles. The monoisotopic (exact) mass is 728 g/mol. The van der Waals surface area contributed by atoms with Gasteiger partial charge in [-0.25, -0.2) is 4.79 Å². The molecule has 52 heavy (non-hydrogen) atoms. The van der Waals surface area contributed by atoms with Crippen molar-refractivity contribution < 1.29 is 57.8 Å². The SMILES string of the molecule is CCN1C[C@]2(COC(=O)c3ccccc3NC(=O)CCC(=O)OC)CC[C@H](OC)[C@@]34[C@@H]5C[C@H]6[C@H](OC(C)=O)[C@@H]5[C@](O)(C[C@@H]6OC)[C@@](O)([C@@H](OC)[C@H]23)[C@@H]14. The number of amides is 1. The Morgan fingerprint density at radius 3 is 2.42 bits per heavy atom. The van der Waals surface area contributed by atoms with E-state index in [0.717, 1.165) is 0 Å². The number of nitrogens with one attached hydrogen (secondary N) is 1. The van der Waals surface area contributed by atoms with Crippen LogP contribution in [-0.2, 0) is 42.8 Å². The first kappa shape index (κ1) is 37.2. The Labute approximate surface area is 303 Å². The van der Waals surface area contributed by atoms with Crippen molar-refractivity contribution in [3.8, 4) is 0 Å². The second-order valence-electron chi connectivity index (χ2n) is 15.8. The Kier molecular flexibility index (Phi) is 9.52. The first-order valence-corrected chi connectivity index (χ1v) is 18.4. The number of ether oxygens (including phenoxy) is 6. The van der Waals surface area contributed by atoms with Crippen LogP contribution in [0.3, 0.4) is 0 Å². The van der Waals surface area contributed by atoms with Gasteiger partial charge in [-0.1, -0.05) is 19.1 Å². The number of methoxy groups -OCH3 is 4. The summed E-state index contributed by atoms with van der Waals surface area (Å²) in [4.78, 5) is 53.0. The van der Waals surface area contributed by atoms with E-state index in [-0.39, 0.29) is 55.1 Å². The Balaban J connectivity index is 1.28. The molecule has 5 saturated carbocycles. The lowest BCUT2D eigenvalue weighted by molar-refractivity contribution is -0.319. The minimum absolute atomic E-state index is 0.00815. The van der Waals surface area contributed by atoms with E-state index >= 15 is 0 Å². The third-order valence-electron chi connectivity index (χ3n) is 14.0. The van der Waals surface area contributed by atoms with Crippen LogP contribution < -0.4 is 5.32 Å². The molecule has 6 fully saturated rings. The van der Waals surface area contributed by atoms with Crippen LogP contribution in [0.4, 0.5) is 5.69 Å². The Bertz CT molecular complexity index is 1610. The average Bonchev–Trinajstić information content (AvgIpc) is 3.52. The molecule has 14 heteroatoms. The summed E-state index contributed by atoms with van der Waals surface area (Å²) in [5, 5.41) is 29.4. The summed E-state index contributed by atoms with van der Waals surface area (Å²) >= 11 is 0. The number of piperidine rings is 1. The van der Waals surface area contributed by atoms with E-state index in [1.807, 2.05) is 6.92 Å². The maximum atomic E-state index is 14.0. The van der Waals surface area contributed by atoms with Gasteiger partial charge in [0.2, 0.25) is 5.91 Å². The molecule has 1 heterocycles. The zero-order chi connectivity index (χ0) is 37.4. The lowest BCUT2D eigenvalue weighted by Gasteiger charge is -2.70. The van der Waals surface area contributed by atoms with E-state index in [4.69, 9.17) is 23.7 Å². The number of rotatable bonds is 12. The lowest BCUT2D eigenvalue weighted by atomic mass is 9.42. The molecule has 5 aliphatic carbocycles. The van der Waals surface area contributed by atoms with Crippen LogP contribution in [0.15, 0.2) is 24.3 Å². The van der Waals surface area contributed by atoms with Crippen molar-refractivity contribution in [2.75, 3.05) is 53.5 Å². The van der Waals surface area contributed by atoms with Gasteiger partial charge in [0, 0.05) is 76.2 Å². The number of likely N-dealkylation sites (N-methyl/N-ethyl adjacent to an activating group) is 1. The molecule has 0 aromatic heterocycles. The average molecular weight is 729 g/mol. The third-order valence-corrected chi connectivity index (χ3v) is 14.0. The Morgan fingerprint density at radius 2 is 1.77 bits per heavy atom. The van der Waals surface area contributed by atoms with Gasteiger partial charge in [0.1, 0.15) is 17.3 Å². The van der Waals surface area contributed by atoms with E-state index in [0.29, 0.717) is 32.4 Å². The zero-order valence-electron chi connectivity index (χ0n) is 30.8. The highest BCUT2D eigenvalue weighted by Crippen LogP contribution is 2.80. The van der Waals surface area contributed by atoms with Crippen LogP contribution in [0.5, 0.6) is 0 Å². The standard InChI is InChI=1S/C38H52N2O12/c1-7-40-18-35(19-51-33(44)21-10-8-9-11-24(21)39-27(42)12-13-28(43)49-5)15-14-26(48-4)37-23-16-22-25(47-3)17-36(45,29(23)30(22)52-20(2)41)38(46,34(37)40)32(50-6)31(35)37/h8-11,22-23,25-26,29-32,34,45-46H,7,12-19H2,1-6H3,(H,39,42)/t22-,23-,25+,26+,29-,30+,31-,32+,34+,35+,36-,37+,38-/m1/s1. The molecule has 1 aromatic rings. The molecule has 7 rings (SSSR count). The van der Waals surface area contributed by atoms with Crippen LogP contribution >= 0.6 is 0 Å². The number of nitrogens with zero attached hydrogens (tertiary/aromatic N) is 1. The number of fused-ring (bicyclic) bond motifs is 2. The van der Waals surface area contributed by atoms with Gasteiger partial charge < -0.3 is 44.0 Å². The second kappa shape index (κ2) is 13.3. The summed E-state index contributed by atoms with van der Waals surface area (Å²) in [6.45, 7) is 4.41. The fourth-order valence-electron chi connectivity index (χ4n) is 12.6. The summed E-state index contributed by atoms with van der Waals surface area (Å²) < 4.78 is 35.7. The third kappa shape index (κ3) is 4.90. The van der Waals surface area contributed by atoms with Gasteiger partial charge in [0.05, 0.1) is 55.7 Å². The van der Waals surface area contributed by atoms with Crippen LogP contribution in [0.2, 0.25) is 0 Å². The molecule has 286 valence electrons. The molecule has 1 amide bonds. The van der Waals surface area contributed by atoms with Gasteiger partial charge in [-0.2, -0.15) is 0 Å². The highest BCUT2D eigenvalue weighted by atomic mass is 16.6. The van der Waals surface area contributed by atoms with Gasteiger partial charge in [0.25, 0.3) is 0 Å². The van der Waals surface area contributed by atoms with Gasteiger partial charge in [-0.15, -0.1) is 0 Å². The van der Waals surface area contributed by atoms with E-state index in [1.165, 1.54) is 14.0 Å². The number of carbonyl (C=O) groups is 4. The zero-order valence-corrected chi connectivity index (χ0v) is 30.8. The highest BCUT2D eigenvalue weighted by Gasteiger charge is 2.92. The fourth-order valence-corrected chi connectivity index (χ4v) is 12.6. The number of aliphatic hydroxyl groups is 2. The molecule has 0 unspecified atom stereocenters. The van der Waals surface area contributed by atoms with Crippen LogP contribution in [0.1, 0.15) is 62.7 Å². The van der Waals surface area contributed by atoms with E-state index in [1.54, 1.807) is 45.6 Å². The van der Waals surface area contributed by atoms with Crippen molar-refractivity contribution in [1.29, 1.82) is 0 Å². The number of benzene rings is 1. The highest BCUT2D eigenvalue weighted by molar-refractivity contribution is 6.01. The Morgan fingerprint density at radius 1 is 1.02 bits per heavy atom. The number of para-hydroxylation sites is 1. The van der Waals surface area contributed by atoms with Crippen LogP contribution in [0, 0.1) is 34.5 Å². The molecule has 0 radical (unpaired) electrons. The van der Waals surface area contributed by atoms with E-state index < -0.39 is 82.0 Å². The van der Waals surface area contributed by atoms with Crippen molar-refractivity contribution in [3.63, 3.8) is 0 Å². The van der Waals surface area contributed by atoms with E-state index in [2.05, 4.69) is 15.0 Å². The molecule has 1 saturated heterocycles. The lowest BCUT2D eigenvalue weighted by Crippen LogP contribution is -2.82. The molecule has 1 spiro atoms. The van der Waals surface area contributed by atoms with Crippen LogP contribution in [0.25, 0.3) is 0 Å². The van der Waals surface area contributed by atoms with Crippen molar-refractivity contribution in [2.45, 2.75) is 94.0 Å². The molecular weight excluding hydrogens is 676 g/mol. The van der Waals surface area contributed by atoms with Crippen molar-refractivity contribution in [2.24, 2.45) is 34.5 Å². The second-order valence-corrected chi connectivity index (χ2v) is 15.8. The largest absolute Gasteiger partial charge is 0.469 e. The maximum Gasteiger partial charge on any atom is 0.340 e. The maximum absolute atomic E-state index is 14.0. The number of likely N-dealkylation sites (tertiary alicyclic amines) is 1. The van der Waals surface area contributed by atoms with Crippen molar-refractivity contribution in [1.82, 2.24) is 4.90 Å². The van der Waals surface area contributed by atoms with Gasteiger partial charge in [-0.05, 0) is 43.9 Å². The molecule has 3 N–H and O–H groups in total. The fraction of sp³-hybridized carbons (Fsp3) is 0.737. The van der Waals surface area contributed by atoms with Gasteiger partial charge in [-0.3, -0.25) is 19.3 Å². The predicted octanol–water partition coefficient (Wildman–Crippen LogP) is 1.94. The number of hydrogen-bond acceptors (Lipinski definition) is 13. The topological polar surface area (TPSA) is 179 Å². The Hall–Kier alpha value is -3.14. The van der Waals surface area contributed by atoms with Gasteiger partial charge in [0.15, 0.2) is 0 Å². The summed E-state index contributed by atoms with van der Waals surface area (Å²) in [6, 6.07) is 5.99. The molecular formula is C38H52N2O12. The van der Waals surface area contributed by atoms with Gasteiger partial charge >= 0.3 is 17.9 Å². The number of hydrogen-bond donors (Lipinski definition) is 3. The molecule has 7 bridgehead atoms. The smallest absolute Gasteiger partial charge is 0.340 e. The first-order valence-electron chi connectivity index (χ1n) is 18.4. The quantitative estimate of drug-likeness (QED) is 0.210. The first-order chi connectivity index (χ1) is 24.8. The number of anilines is 1. The minimum Gasteiger partial charge on any atom is -0.469 e. The van der Waals surface area contributed by atoms with E-state index in [9.17, 15) is 29.4 Å². The molecule has 13 atom stereocenters. The summed E-state index contributed by atoms with van der Waals surface area (Å²) in [5.74, 6) is -3.48. The van der Waals surface area contributed by atoms with Crippen molar-refractivity contribution >= 4 is 29.5 Å². The minimum atomic E-state index is -1.82. The van der Waals surface area contributed by atoms with Crippen LogP contribution in [-0.4, -0.2) is 129 Å². The summed E-state index contributed by atoms with van der Waals surface area (Å²) in [7, 11) is 6.10. The number of esters is 3. The summed E-state index contributed by atoms with van der Waals surface area (Å²) in [5.41, 5.74) is -4.61. The predicted molar refractivity (Wildman–Crippen MR) is 183 cm³/mol. The molecule has 1 aromatic carbocycles. The molecule has 14 nitrogen and oxygen atoms in total. The summed E-state index contributed by atoms with van der Waals surface area (Å²) in [6.07, 6.45) is -0.586. The van der Waals surface area contributed by atoms with Crippen molar-refractivity contribution in [3.05, 3.63) is 29.8 Å². The molecule has 6 aliphatic rings.